The van der Waals surface area contributed by atoms with E-state index in [1.165, 1.54) is 12.8 Å². The van der Waals surface area contributed by atoms with E-state index in [2.05, 4.69) is 17.1 Å². The predicted octanol–water partition coefficient (Wildman–Crippen LogP) is 3.93. The Morgan fingerprint density at radius 3 is 2.83 bits per heavy atom. The molecule has 2 aromatic rings. The first-order valence-electron chi connectivity index (χ1n) is 10.6. The molecule has 4 rings (SSSR count). The molecule has 0 spiro atoms. The second kappa shape index (κ2) is 8.78. The number of fused-ring (bicyclic) bond motifs is 1. The molecule has 0 saturated carbocycles. The quantitative estimate of drug-likeness (QED) is 0.538. The van der Waals surface area contributed by atoms with Crippen LogP contribution in [0.3, 0.4) is 0 Å². The Kier molecular flexibility index (Phi) is 6.11. The van der Waals surface area contributed by atoms with Gasteiger partial charge < -0.3 is 15.0 Å². The van der Waals surface area contributed by atoms with Crippen molar-refractivity contribution < 1.29 is 14.3 Å². The molecule has 2 aliphatic heterocycles. The summed E-state index contributed by atoms with van der Waals surface area (Å²) < 4.78 is 5.56. The Balaban J connectivity index is 1.55. The van der Waals surface area contributed by atoms with Crippen LogP contribution in [0.1, 0.15) is 43.7 Å². The van der Waals surface area contributed by atoms with E-state index >= 15 is 0 Å². The molecule has 5 nitrogen and oxygen atoms in total. The maximum absolute atomic E-state index is 13.1. The van der Waals surface area contributed by atoms with Gasteiger partial charge in [-0.25, -0.2) is 0 Å². The molecular weight excluding hydrogens is 400 g/mol. The molecule has 2 aliphatic rings. The van der Waals surface area contributed by atoms with Crippen LogP contribution in [-0.4, -0.2) is 42.5 Å². The van der Waals surface area contributed by atoms with Crippen LogP contribution in [0.4, 0.5) is 0 Å². The summed E-state index contributed by atoms with van der Waals surface area (Å²) in [5.74, 6) is -0.135. The van der Waals surface area contributed by atoms with Gasteiger partial charge in [-0.05, 0) is 56.1 Å². The second-order valence-electron chi connectivity index (χ2n) is 8.04. The summed E-state index contributed by atoms with van der Waals surface area (Å²) in [6, 6.07) is 15.0. The number of halogens is 1. The van der Waals surface area contributed by atoms with Gasteiger partial charge in [0.15, 0.2) is 0 Å². The van der Waals surface area contributed by atoms with Crippen LogP contribution in [0.25, 0.3) is 0 Å². The van der Waals surface area contributed by atoms with E-state index in [9.17, 15) is 9.59 Å². The molecule has 2 aromatic carbocycles. The van der Waals surface area contributed by atoms with E-state index in [0.29, 0.717) is 28.9 Å². The maximum atomic E-state index is 13.1. The number of benzene rings is 2. The van der Waals surface area contributed by atoms with Crippen molar-refractivity contribution in [2.75, 3.05) is 19.6 Å². The predicted molar refractivity (Wildman–Crippen MR) is 117 cm³/mol. The summed E-state index contributed by atoms with van der Waals surface area (Å²) in [4.78, 5) is 28.6. The van der Waals surface area contributed by atoms with E-state index in [-0.39, 0.29) is 12.3 Å². The summed E-state index contributed by atoms with van der Waals surface area (Å²) in [6.45, 7) is 4.95. The molecule has 1 fully saturated rings. The van der Waals surface area contributed by atoms with Crippen LogP contribution >= 0.6 is 11.6 Å². The highest BCUT2D eigenvalue weighted by Gasteiger charge is 2.52. The van der Waals surface area contributed by atoms with Crippen LogP contribution in [-0.2, 0) is 15.0 Å². The Bertz CT molecular complexity index is 933. The highest BCUT2D eigenvalue weighted by Crippen LogP contribution is 2.47. The van der Waals surface area contributed by atoms with E-state index in [4.69, 9.17) is 16.3 Å². The topological polar surface area (TPSA) is 58.6 Å². The Morgan fingerprint density at radius 1 is 1.27 bits per heavy atom. The summed E-state index contributed by atoms with van der Waals surface area (Å²) in [5, 5.41) is 3.54. The molecular formula is C24H27ClN2O3. The molecule has 0 aromatic heterocycles. The molecule has 2 heterocycles. The molecule has 1 amide bonds. The molecule has 1 N–H and O–H groups in total. The van der Waals surface area contributed by atoms with Gasteiger partial charge in [-0.15, -0.1) is 0 Å². The molecule has 6 heteroatoms. The summed E-state index contributed by atoms with van der Waals surface area (Å²) in [5.41, 5.74) is 0.197. The van der Waals surface area contributed by atoms with Crippen LogP contribution in [0.15, 0.2) is 48.5 Å². The number of esters is 1. The van der Waals surface area contributed by atoms with Crippen molar-refractivity contribution in [2.45, 2.75) is 44.1 Å². The number of carbonyl (C=O) groups excluding carboxylic acids is 2. The molecule has 2 unspecified atom stereocenters. The van der Waals surface area contributed by atoms with Crippen LogP contribution in [0, 0.1) is 0 Å². The van der Waals surface area contributed by atoms with Gasteiger partial charge in [0.05, 0.1) is 6.42 Å². The zero-order valence-electron chi connectivity index (χ0n) is 17.2. The molecule has 1 saturated heterocycles. The highest BCUT2D eigenvalue weighted by atomic mass is 35.5. The van der Waals surface area contributed by atoms with Crippen molar-refractivity contribution in [2.24, 2.45) is 0 Å². The normalized spacial score (nSPS) is 23.3. The maximum Gasteiger partial charge on any atom is 0.327 e. The molecule has 2 atom stereocenters. The molecule has 30 heavy (non-hydrogen) atoms. The number of hydrogen-bond donors (Lipinski definition) is 1. The third-order valence-corrected chi connectivity index (χ3v) is 6.58. The number of nitrogens with one attached hydrogen (secondary N) is 1. The summed E-state index contributed by atoms with van der Waals surface area (Å²) >= 11 is 6.23. The molecule has 0 radical (unpaired) electrons. The van der Waals surface area contributed by atoms with Crippen LogP contribution in [0.5, 0.6) is 5.75 Å². The van der Waals surface area contributed by atoms with E-state index in [0.717, 1.165) is 25.1 Å². The smallest absolute Gasteiger partial charge is 0.327 e. The van der Waals surface area contributed by atoms with Crippen molar-refractivity contribution in [1.29, 1.82) is 0 Å². The molecule has 0 aliphatic carbocycles. The minimum Gasteiger partial charge on any atom is -0.425 e. The number of hydrogen-bond acceptors (Lipinski definition) is 4. The van der Waals surface area contributed by atoms with Gasteiger partial charge in [-0.1, -0.05) is 48.9 Å². The zero-order valence-corrected chi connectivity index (χ0v) is 18.0. The number of carbonyl (C=O) groups is 2. The second-order valence-corrected chi connectivity index (χ2v) is 8.48. The highest BCUT2D eigenvalue weighted by molar-refractivity contribution is 6.30. The van der Waals surface area contributed by atoms with Crippen molar-refractivity contribution >= 4 is 23.5 Å². The fourth-order valence-electron chi connectivity index (χ4n) is 4.81. The monoisotopic (exact) mass is 426 g/mol. The van der Waals surface area contributed by atoms with E-state index in [1.807, 2.05) is 30.3 Å². The van der Waals surface area contributed by atoms with Gasteiger partial charge in [0.25, 0.3) is 0 Å². The lowest BCUT2D eigenvalue weighted by atomic mass is 9.73. The van der Waals surface area contributed by atoms with E-state index < -0.39 is 11.4 Å². The van der Waals surface area contributed by atoms with Gasteiger partial charge in [-0.3, -0.25) is 9.59 Å². The van der Waals surface area contributed by atoms with Crippen LogP contribution < -0.4 is 10.1 Å². The zero-order chi connectivity index (χ0) is 21.1. The van der Waals surface area contributed by atoms with Crippen molar-refractivity contribution in [3.8, 4) is 5.75 Å². The SMILES string of the molecule is CCN1CCCC1CCNC(=O)CC1(c2ccccc2)C(=O)Oc2ccc(Cl)cc21. The fourth-order valence-corrected chi connectivity index (χ4v) is 4.98. The number of amides is 1. The number of likely N-dealkylation sites (tertiary alicyclic amines) is 1. The average molecular weight is 427 g/mol. The first-order valence-corrected chi connectivity index (χ1v) is 11.0. The van der Waals surface area contributed by atoms with E-state index in [1.54, 1.807) is 18.2 Å². The van der Waals surface area contributed by atoms with Crippen molar-refractivity contribution in [3.63, 3.8) is 0 Å². The third kappa shape index (κ3) is 3.84. The lowest BCUT2D eigenvalue weighted by Crippen LogP contribution is -2.41. The standard InChI is InChI=1S/C24H27ClN2O3/c1-2-27-14-6-9-19(27)12-13-26-22(28)16-24(17-7-4-3-5-8-17)20-15-18(25)10-11-21(20)30-23(24)29/h3-5,7-8,10-11,15,19H,2,6,9,12-14,16H2,1H3,(H,26,28). The average Bonchev–Trinajstić information content (AvgIpc) is 3.31. The molecule has 158 valence electrons. The van der Waals surface area contributed by atoms with Gasteiger partial charge >= 0.3 is 5.97 Å². The Labute approximate surface area is 182 Å². The van der Waals surface area contributed by atoms with Gasteiger partial charge in [0, 0.05) is 23.2 Å². The fraction of sp³-hybridized carbons (Fsp3) is 0.417. The van der Waals surface area contributed by atoms with Gasteiger partial charge in [0.2, 0.25) is 5.91 Å². The third-order valence-electron chi connectivity index (χ3n) is 6.35. The Morgan fingerprint density at radius 2 is 2.07 bits per heavy atom. The first kappa shape index (κ1) is 20.9. The number of rotatable bonds is 7. The lowest BCUT2D eigenvalue weighted by Gasteiger charge is -2.27. The van der Waals surface area contributed by atoms with Gasteiger partial charge in [-0.2, -0.15) is 0 Å². The lowest BCUT2D eigenvalue weighted by molar-refractivity contribution is -0.139. The minimum atomic E-state index is -1.19. The number of ether oxygens (including phenoxy) is 1. The summed E-state index contributed by atoms with van der Waals surface area (Å²) in [7, 11) is 0. The summed E-state index contributed by atoms with van der Waals surface area (Å²) in [6.07, 6.45) is 3.30. The number of nitrogens with zero attached hydrogens (tertiary/aromatic N) is 1. The first-order chi connectivity index (χ1) is 14.5. The minimum absolute atomic E-state index is 0.00858. The largest absolute Gasteiger partial charge is 0.425 e. The molecule has 0 bridgehead atoms. The van der Waals surface area contributed by atoms with Gasteiger partial charge in [0.1, 0.15) is 11.2 Å². The van der Waals surface area contributed by atoms with Crippen LogP contribution in [0.2, 0.25) is 5.02 Å². The Hall–Kier alpha value is -2.37. The van der Waals surface area contributed by atoms with Crippen molar-refractivity contribution in [3.05, 3.63) is 64.7 Å². The van der Waals surface area contributed by atoms with Crippen molar-refractivity contribution in [1.82, 2.24) is 10.2 Å².